The van der Waals surface area contributed by atoms with Crippen LogP contribution >= 0.6 is 23.2 Å². The van der Waals surface area contributed by atoms with Gasteiger partial charge in [-0.15, -0.1) is 0 Å². The second-order valence-electron chi connectivity index (χ2n) is 10.3. The summed E-state index contributed by atoms with van der Waals surface area (Å²) < 4.78 is 28.7. The molecule has 1 N–H and O–H groups in total. The minimum Gasteiger partial charge on any atom is -0.350 e. The van der Waals surface area contributed by atoms with Gasteiger partial charge in [0, 0.05) is 22.1 Å². The molecule has 0 fully saturated rings. The van der Waals surface area contributed by atoms with Crippen LogP contribution in [0.25, 0.3) is 0 Å². The molecule has 0 bridgehead atoms. The van der Waals surface area contributed by atoms with Gasteiger partial charge < -0.3 is 10.2 Å². The zero-order valence-electron chi connectivity index (χ0n) is 22.6. The van der Waals surface area contributed by atoms with Crippen LogP contribution in [0.15, 0.2) is 77.7 Å². The van der Waals surface area contributed by atoms with E-state index in [1.54, 1.807) is 74.5 Å². The molecule has 0 aliphatic rings. The van der Waals surface area contributed by atoms with Crippen molar-refractivity contribution < 1.29 is 18.0 Å². The molecule has 208 valence electrons. The molecule has 0 heterocycles. The summed E-state index contributed by atoms with van der Waals surface area (Å²) in [5.74, 6) is -0.949. The van der Waals surface area contributed by atoms with Gasteiger partial charge in [-0.25, -0.2) is 8.42 Å². The molecule has 0 saturated carbocycles. The molecule has 10 heteroatoms. The quantitative estimate of drug-likeness (QED) is 0.340. The Labute approximate surface area is 240 Å². The molecule has 0 aliphatic heterocycles. The van der Waals surface area contributed by atoms with Crippen molar-refractivity contribution in [1.82, 2.24) is 10.2 Å². The average molecular weight is 591 g/mol. The van der Waals surface area contributed by atoms with Crippen LogP contribution in [0.2, 0.25) is 10.0 Å². The lowest BCUT2D eigenvalue weighted by Gasteiger charge is -2.34. The zero-order chi connectivity index (χ0) is 29.0. The normalized spacial score (nSPS) is 12.5. The fraction of sp³-hybridized carbons (Fsp3) is 0.310. The van der Waals surface area contributed by atoms with Crippen LogP contribution in [-0.2, 0) is 26.2 Å². The third-order valence-corrected chi connectivity index (χ3v) is 8.38. The van der Waals surface area contributed by atoms with E-state index in [0.717, 1.165) is 4.31 Å². The average Bonchev–Trinajstić information content (AvgIpc) is 2.86. The first-order valence-electron chi connectivity index (χ1n) is 12.4. The molecule has 0 spiro atoms. The van der Waals surface area contributed by atoms with Gasteiger partial charge in [-0.3, -0.25) is 13.9 Å². The maximum Gasteiger partial charge on any atom is 0.264 e. The van der Waals surface area contributed by atoms with Gasteiger partial charge in [-0.2, -0.15) is 0 Å². The summed E-state index contributed by atoms with van der Waals surface area (Å²) in [7, 11) is -4.12. The second-order valence-corrected chi connectivity index (χ2v) is 13.0. The van der Waals surface area contributed by atoms with Crippen LogP contribution in [-0.4, -0.2) is 43.3 Å². The Hall–Kier alpha value is -3.07. The van der Waals surface area contributed by atoms with Crippen LogP contribution in [0, 0.1) is 6.92 Å². The number of carbonyl (C=O) groups is 2. The van der Waals surface area contributed by atoms with Crippen molar-refractivity contribution >= 4 is 50.7 Å². The smallest absolute Gasteiger partial charge is 0.264 e. The van der Waals surface area contributed by atoms with E-state index in [2.05, 4.69) is 5.32 Å². The van der Waals surface area contributed by atoms with Crippen LogP contribution in [0.1, 0.15) is 38.8 Å². The Bertz CT molecular complexity index is 1440. The number of carbonyl (C=O) groups excluding carboxylic acids is 2. The molecule has 0 aliphatic carbocycles. The molecular formula is C29H33Cl2N3O4S. The van der Waals surface area contributed by atoms with Gasteiger partial charge >= 0.3 is 0 Å². The summed E-state index contributed by atoms with van der Waals surface area (Å²) in [5, 5.41) is 3.66. The van der Waals surface area contributed by atoms with E-state index in [4.69, 9.17) is 23.2 Å². The number of nitrogens with zero attached hydrogens (tertiary/aromatic N) is 2. The van der Waals surface area contributed by atoms with Gasteiger partial charge in [0.1, 0.15) is 12.6 Å². The summed E-state index contributed by atoms with van der Waals surface area (Å²) in [5.41, 5.74) is 1.07. The first-order valence-corrected chi connectivity index (χ1v) is 14.6. The molecule has 0 aromatic heterocycles. The standard InChI is InChI=1S/C29H33Cl2N3O4S/c1-20-11-9-10-14-26(20)34(39(37,38)24-12-7-6-8-13-24)19-27(35)33(21(2)28(36)32-29(3,4)5)18-22-15-16-23(30)17-25(22)31/h6-17,21H,18-19H2,1-5H3,(H,32,36)/t21-/m1/s1. The summed E-state index contributed by atoms with van der Waals surface area (Å²) in [6.45, 7) is 8.34. The third-order valence-electron chi connectivity index (χ3n) is 6.02. The Morgan fingerprint density at radius 2 is 1.56 bits per heavy atom. The highest BCUT2D eigenvalue weighted by Gasteiger charge is 2.34. The molecule has 3 rings (SSSR count). The van der Waals surface area contributed by atoms with E-state index >= 15 is 0 Å². The second kappa shape index (κ2) is 12.4. The lowest BCUT2D eigenvalue weighted by molar-refractivity contribution is -0.140. The lowest BCUT2D eigenvalue weighted by Crippen LogP contribution is -2.54. The Balaban J connectivity index is 2.06. The van der Waals surface area contributed by atoms with Crippen molar-refractivity contribution in [3.8, 4) is 0 Å². The minimum absolute atomic E-state index is 0.0272. The number of aryl methyl sites for hydroxylation is 1. The van der Waals surface area contributed by atoms with Crippen molar-refractivity contribution in [3.63, 3.8) is 0 Å². The molecule has 2 amide bonds. The first-order chi connectivity index (χ1) is 18.2. The fourth-order valence-electron chi connectivity index (χ4n) is 3.97. The van der Waals surface area contributed by atoms with E-state index in [-0.39, 0.29) is 17.3 Å². The predicted molar refractivity (Wildman–Crippen MR) is 157 cm³/mol. The van der Waals surface area contributed by atoms with Crippen molar-refractivity contribution in [2.24, 2.45) is 0 Å². The molecular weight excluding hydrogens is 557 g/mol. The fourth-order valence-corrected chi connectivity index (χ4v) is 5.93. The summed E-state index contributed by atoms with van der Waals surface area (Å²) in [6.07, 6.45) is 0. The van der Waals surface area contributed by atoms with Gasteiger partial charge in [0.25, 0.3) is 10.0 Å². The summed E-state index contributed by atoms with van der Waals surface area (Å²) >= 11 is 12.5. The number of amides is 2. The first kappa shape index (κ1) is 30.5. The molecule has 7 nitrogen and oxygen atoms in total. The molecule has 0 saturated heterocycles. The van der Waals surface area contributed by atoms with Crippen LogP contribution in [0.3, 0.4) is 0 Å². The van der Waals surface area contributed by atoms with Crippen LogP contribution in [0.4, 0.5) is 5.69 Å². The highest BCUT2D eigenvalue weighted by molar-refractivity contribution is 7.92. The van der Waals surface area contributed by atoms with E-state index in [1.807, 2.05) is 20.8 Å². The van der Waals surface area contributed by atoms with Gasteiger partial charge in [0.05, 0.1) is 10.6 Å². The maximum atomic E-state index is 14.0. The highest BCUT2D eigenvalue weighted by atomic mass is 35.5. The van der Waals surface area contributed by atoms with Gasteiger partial charge in [0.15, 0.2) is 0 Å². The van der Waals surface area contributed by atoms with Crippen molar-refractivity contribution in [3.05, 3.63) is 94.0 Å². The predicted octanol–water partition coefficient (Wildman–Crippen LogP) is 5.83. The summed E-state index contributed by atoms with van der Waals surface area (Å²) in [4.78, 5) is 28.5. The number of hydrogen-bond acceptors (Lipinski definition) is 4. The molecule has 3 aromatic carbocycles. The minimum atomic E-state index is -4.12. The molecule has 39 heavy (non-hydrogen) atoms. The Morgan fingerprint density at radius 1 is 0.949 bits per heavy atom. The van der Waals surface area contributed by atoms with Crippen LogP contribution < -0.4 is 9.62 Å². The number of para-hydroxylation sites is 1. The molecule has 3 aromatic rings. The van der Waals surface area contributed by atoms with Gasteiger partial charge in [-0.05, 0) is 76.1 Å². The number of benzene rings is 3. The van der Waals surface area contributed by atoms with Crippen molar-refractivity contribution in [1.29, 1.82) is 0 Å². The number of hydrogen-bond donors (Lipinski definition) is 1. The topological polar surface area (TPSA) is 86.8 Å². The Kier molecular flexibility index (Phi) is 9.69. The van der Waals surface area contributed by atoms with Gasteiger partial charge in [-0.1, -0.05) is 65.7 Å². The Morgan fingerprint density at radius 3 is 2.15 bits per heavy atom. The summed E-state index contributed by atoms with van der Waals surface area (Å²) in [6, 6.07) is 18.8. The maximum absolute atomic E-state index is 14.0. The zero-order valence-corrected chi connectivity index (χ0v) is 24.9. The van der Waals surface area contributed by atoms with Crippen molar-refractivity contribution in [2.75, 3.05) is 10.8 Å². The monoisotopic (exact) mass is 589 g/mol. The number of rotatable bonds is 9. The molecule has 0 radical (unpaired) electrons. The number of nitrogens with one attached hydrogen (secondary N) is 1. The van der Waals surface area contributed by atoms with E-state index in [0.29, 0.717) is 26.9 Å². The molecule has 1 atom stereocenters. The largest absolute Gasteiger partial charge is 0.350 e. The third kappa shape index (κ3) is 7.75. The number of sulfonamides is 1. The lowest BCUT2D eigenvalue weighted by atomic mass is 10.1. The van der Waals surface area contributed by atoms with E-state index in [1.165, 1.54) is 17.0 Å². The highest BCUT2D eigenvalue weighted by Crippen LogP contribution is 2.28. The number of anilines is 1. The van der Waals surface area contributed by atoms with E-state index in [9.17, 15) is 18.0 Å². The SMILES string of the molecule is Cc1ccccc1N(CC(=O)N(Cc1ccc(Cl)cc1Cl)[C@H](C)C(=O)NC(C)(C)C)S(=O)(=O)c1ccccc1. The number of halogens is 2. The van der Waals surface area contributed by atoms with Gasteiger partial charge in [0.2, 0.25) is 11.8 Å². The van der Waals surface area contributed by atoms with E-state index < -0.39 is 34.1 Å². The van der Waals surface area contributed by atoms with Crippen LogP contribution in [0.5, 0.6) is 0 Å². The molecule has 0 unspecified atom stereocenters. The van der Waals surface area contributed by atoms with Crippen molar-refractivity contribution in [2.45, 2.75) is 57.6 Å².